The Kier molecular flexibility index (Phi) is 12.6. The van der Waals surface area contributed by atoms with Gasteiger partial charge < -0.3 is 35.0 Å². The normalized spacial score (nSPS) is 22.1. The standard InChI is InChI=1S/C46H55F2N11O7/c1-54-35-26-49-45(53-39(35)58(30-7-3-4-8-30)27-46(47,48)44(54)65)51-32-12-11-28(25-36(32)66-2)40(61)50-29-15-19-55(20-16-29)17-6-18-56-21-23-57(24-22-56)33-10-5-9-31-38(33)43(64)59(42(31)63)34-13-14-37(60)52-41(34)62/h5,9-12,25-26,29-30,34H,3-4,6-8,13-24,27H2,1-2H3,(H,50,61)(H,49,51,53)(H,52,60,62). The smallest absolute Gasteiger partial charge is 0.342 e. The highest BCUT2D eigenvalue weighted by atomic mass is 19.3. The molecule has 0 radical (unpaired) electrons. The molecule has 3 aromatic rings. The van der Waals surface area contributed by atoms with Crippen LogP contribution in [0.3, 0.4) is 0 Å². The first kappa shape index (κ1) is 44.9. The number of nitrogens with one attached hydrogen (secondary N) is 3. The summed E-state index contributed by atoms with van der Waals surface area (Å²) in [6, 6.07) is 9.09. The number of hydrogen-bond acceptors (Lipinski definition) is 14. The van der Waals surface area contributed by atoms with E-state index in [0.29, 0.717) is 41.3 Å². The van der Waals surface area contributed by atoms with Crippen LogP contribution < -0.4 is 35.4 Å². The molecule has 6 heterocycles. The minimum absolute atomic E-state index is 0.0107. The zero-order chi connectivity index (χ0) is 46.3. The third-order valence-electron chi connectivity index (χ3n) is 13.9. The van der Waals surface area contributed by atoms with E-state index in [9.17, 15) is 28.8 Å². The van der Waals surface area contributed by atoms with Gasteiger partial charge in [-0.2, -0.15) is 13.8 Å². The summed E-state index contributed by atoms with van der Waals surface area (Å²) in [6.45, 7) is 5.75. The molecule has 4 fully saturated rings. The van der Waals surface area contributed by atoms with Crippen LogP contribution in [0.25, 0.3) is 0 Å². The average Bonchev–Trinajstić information content (AvgIpc) is 3.93. The van der Waals surface area contributed by atoms with Gasteiger partial charge in [-0.25, -0.2) is 4.98 Å². The van der Waals surface area contributed by atoms with E-state index in [1.54, 1.807) is 35.2 Å². The second kappa shape index (κ2) is 18.5. The molecule has 18 nitrogen and oxygen atoms in total. The van der Waals surface area contributed by atoms with Gasteiger partial charge in [0.2, 0.25) is 17.8 Å². The number of carbonyl (C=O) groups is 6. The molecule has 350 valence electrons. The number of piperidine rings is 2. The maximum Gasteiger partial charge on any atom is 0.342 e. The zero-order valence-electron chi connectivity index (χ0n) is 37.2. The van der Waals surface area contributed by atoms with Crippen LogP contribution in [0.2, 0.25) is 0 Å². The number of alkyl halides is 2. The molecule has 1 saturated carbocycles. The van der Waals surface area contributed by atoms with Crippen LogP contribution in [0.5, 0.6) is 5.75 Å². The fourth-order valence-electron chi connectivity index (χ4n) is 10.2. The Bertz CT molecular complexity index is 2420. The number of nitrogens with zero attached hydrogens (tertiary/aromatic N) is 8. The lowest BCUT2D eigenvalue weighted by Crippen LogP contribution is -2.54. The minimum atomic E-state index is -3.58. The number of piperazine rings is 1. The lowest BCUT2D eigenvalue weighted by molar-refractivity contribution is -0.140. The third-order valence-corrected chi connectivity index (χ3v) is 13.9. The Balaban J connectivity index is 0.732. The van der Waals surface area contributed by atoms with Crippen molar-refractivity contribution in [1.82, 2.24) is 35.3 Å². The third kappa shape index (κ3) is 8.87. The molecule has 2 aromatic carbocycles. The van der Waals surface area contributed by atoms with Crippen LogP contribution in [-0.2, 0) is 14.4 Å². The van der Waals surface area contributed by atoms with Gasteiger partial charge in [0.05, 0.1) is 42.4 Å². The van der Waals surface area contributed by atoms with Crippen LogP contribution >= 0.6 is 0 Å². The number of benzene rings is 2. The molecule has 5 aliphatic heterocycles. The van der Waals surface area contributed by atoms with E-state index < -0.39 is 48.0 Å². The van der Waals surface area contributed by atoms with Gasteiger partial charge in [0.25, 0.3) is 23.6 Å². The Morgan fingerprint density at radius 3 is 2.33 bits per heavy atom. The second-order valence-electron chi connectivity index (χ2n) is 18.0. The molecule has 6 amide bonds. The zero-order valence-corrected chi connectivity index (χ0v) is 37.2. The van der Waals surface area contributed by atoms with Crippen molar-refractivity contribution in [2.24, 2.45) is 0 Å². The van der Waals surface area contributed by atoms with Crippen LogP contribution in [0.15, 0.2) is 42.6 Å². The van der Waals surface area contributed by atoms with Crippen molar-refractivity contribution in [2.45, 2.75) is 81.8 Å². The Labute approximate surface area is 381 Å². The predicted octanol–water partition coefficient (Wildman–Crippen LogP) is 3.40. The minimum Gasteiger partial charge on any atom is -0.495 e. The van der Waals surface area contributed by atoms with Crippen molar-refractivity contribution in [3.63, 3.8) is 0 Å². The molecule has 1 aliphatic carbocycles. The van der Waals surface area contributed by atoms with Crippen LogP contribution in [0.1, 0.15) is 88.9 Å². The molecule has 66 heavy (non-hydrogen) atoms. The van der Waals surface area contributed by atoms with Crippen molar-refractivity contribution in [3.05, 3.63) is 59.3 Å². The summed E-state index contributed by atoms with van der Waals surface area (Å²) in [7, 11) is 2.80. The molecule has 1 aromatic heterocycles. The van der Waals surface area contributed by atoms with Gasteiger partial charge in [0.1, 0.15) is 17.5 Å². The molecule has 1 unspecified atom stereocenters. The molecular weight excluding hydrogens is 857 g/mol. The van der Waals surface area contributed by atoms with Gasteiger partial charge in [-0.1, -0.05) is 18.9 Å². The second-order valence-corrected chi connectivity index (χ2v) is 18.0. The monoisotopic (exact) mass is 911 g/mol. The van der Waals surface area contributed by atoms with Gasteiger partial charge in [0, 0.05) is 70.4 Å². The number of likely N-dealkylation sites (tertiary alicyclic amines) is 1. The van der Waals surface area contributed by atoms with Gasteiger partial charge in [0.15, 0.2) is 5.82 Å². The summed E-state index contributed by atoms with van der Waals surface area (Å²) < 4.78 is 35.8. The number of halogens is 2. The lowest BCUT2D eigenvalue weighted by atomic mass is 10.0. The van der Waals surface area contributed by atoms with Crippen LogP contribution in [0.4, 0.5) is 37.6 Å². The topological polar surface area (TPSA) is 193 Å². The number of anilines is 5. The molecule has 1 atom stereocenters. The van der Waals surface area contributed by atoms with Gasteiger partial charge in [-0.15, -0.1) is 0 Å². The number of aromatic nitrogens is 2. The summed E-state index contributed by atoms with van der Waals surface area (Å²) in [5, 5.41) is 8.56. The van der Waals surface area contributed by atoms with Crippen molar-refractivity contribution in [3.8, 4) is 5.75 Å². The number of rotatable bonds is 12. The number of hydrogen-bond donors (Lipinski definition) is 3. The fourth-order valence-corrected chi connectivity index (χ4v) is 10.2. The molecule has 0 bridgehead atoms. The predicted molar refractivity (Wildman–Crippen MR) is 240 cm³/mol. The highest BCUT2D eigenvalue weighted by Gasteiger charge is 2.49. The van der Waals surface area contributed by atoms with E-state index in [0.717, 1.165) is 94.0 Å². The Morgan fingerprint density at radius 2 is 1.62 bits per heavy atom. The fraction of sp³-hybridized carbons (Fsp3) is 0.522. The maximum atomic E-state index is 15.1. The first-order valence-electron chi connectivity index (χ1n) is 22.9. The highest BCUT2D eigenvalue weighted by molar-refractivity contribution is 6.25. The van der Waals surface area contributed by atoms with E-state index >= 15 is 8.78 Å². The SMILES string of the molecule is COc1cc(C(=O)NC2CCN(CCCN3CCN(c4cccc5c4C(=O)N(C4CCC(=O)NC4=O)C5=O)CC3)CC2)ccc1Nc1ncc2c(n1)N(C1CCCC1)CC(F)(F)C(=O)N2C. The van der Waals surface area contributed by atoms with Crippen molar-refractivity contribution < 1.29 is 42.3 Å². The molecule has 6 aliphatic rings. The molecule has 3 saturated heterocycles. The molecule has 0 spiro atoms. The molecule has 9 rings (SSSR count). The summed E-state index contributed by atoms with van der Waals surface area (Å²) in [4.78, 5) is 96.8. The van der Waals surface area contributed by atoms with E-state index in [1.807, 2.05) is 6.07 Å². The summed E-state index contributed by atoms with van der Waals surface area (Å²) in [6.07, 6.45) is 7.45. The highest BCUT2D eigenvalue weighted by Crippen LogP contribution is 2.40. The van der Waals surface area contributed by atoms with Gasteiger partial charge in [-0.3, -0.25) is 43.9 Å². The number of methoxy groups -OCH3 is 1. The Hall–Kier alpha value is -6.28. The van der Waals surface area contributed by atoms with E-state index in [-0.39, 0.29) is 53.8 Å². The molecule has 20 heteroatoms. The van der Waals surface area contributed by atoms with Crippen molar-refractivity contribution >= 4 is 64.3 Å². The quantitative estimate of drug-likeness (QED) is 0.224. The summed E-state index contributed by atoms with van der Waals surface area (Å²) in [5.41, 5.74) is 2.41. The first-order chi connectivity index (χ1) is 31.8. The number of amides is 6. The van der Waals surface area contributed by atoms with Crippen molar-refractivity contribution in [1.29, 1.82) is 0 Å². The first-order valence-corrected chi connectivity index (χ1v) is 22.9. The van der Waals surface area contributed by atoms with E-state index in [1.165, 1.54) is 20.4 Å². The lowest BCUT2D eigenvalue weighted by Gasteiger charge is -2.37. The van der Waals surface area contributed by atoms with Crippen molar-refractivity contribution in [2.75, 3.05) is 93.1 Å². The maximum absolute atomic E-state index is 15.1. The average molecular weight is 912 g/mol. The molecular formula is C46H55F2N11O7. The van der Waals surface area contributed by atoms with Crippen LogP contribution in [-0.4, -0.2) is 157 Å². The Morgan fingerprint density at radius 1 is 0.894 bits per heavy atom. The molecule has 3 N–H and O–H groups in total. The summed E-state index contributed by atoms with van der Waals surface area (Å²) in [5.74, 6) is -6.36. The van der Waals surface area contributed by atoms with Gasteiger partial charge in [-0.05, 0) is 81.9 Å². The van der Waals surface area contributed by atoms with E-state index in [4.69, 9.17) is 4.74 Å². The van der Waals surface area contributed by atoms with Gasteiger partial charge >= 0.3 is 5.92 Å². The number of fused-ring (bicyclic) bond motifs is 2. The van der Waals surface area contributed by atoms with E-state index in [2.05, 4.69) is 40.6 Å². The summed E-state index contributed by atoms with van der Waals surface area (Å²) >= 11 is 0. The number of carbonyl (C=O) groups excluding carboxylic acids is 6. The van der Waals surface area contributed by atoms with Crippen LogP contribution in [0, 0.1) is 0 Å². The largest absolute Gasteiger partial charge is 0.495 e. The number of imide groups is 2. The number of ether oxygens (including phenoxy) is 1.